The minimum Gasteiger partial charge on any atom is -0.302 e. The summed E-state index contributed by atoms with van der Waals surface area (Å²) in [5.74, 6) is 0. The highest BCUT2D eigenvalue weighted by Gasteiger charge is 2.70. The van der Waals surface area contributed by atoms with Crippen LogP contribution in [0, 0.1) is 0 Å². The van der Waals surface area contributed by atoms with Crippen molar-refractivity contribution in [2.24, 2.45) is 0 Å². The van der Waals surface area contributed by atoms with Gasteiger partial charge in [-0.3, -0.25) is 0 Å². The van der Waals surface area contributed by atoms with Crippen LogP contribution < -0.4 is 0 Å². The lowest BCUT2D eigenvalue weighted by Crippen LogP contribution is -2.60. The van der Waals surface area contributed by atoms with E-state index in [1.807, 2.05) is 11.1 Å². The molecule has 5 aromatic rings. The third-order valence-electron chi connectivity index (χ3n) is 14.4. The number of allylic oxidation sites excluding steroid dienone is 3. The quantitative estimate of drug-likeness (QED) is 0.187. The van der Waals surface area contributed by atoms with E-state index in [1.165, 1.54) is 62.6 Å². The number of benzene rings is 5. The molecular formula is C40H30N2. The van der Waals surface area contributed by atoms with Gasteiger partial charge in [0.15, 0.2) is 0 Å². The molecule has 7 aliphatic carbocycles. The maximum atomic E-state index is 2.92. The molecule has 0 amide bonds. The fourth-order valence-corrected chi connectivity index (χ4v) is 13.2. The van der Waals surface area contributed by atoms with Crippen molar-refractivity contribution in [3.05, 3.63) is 86.5 Å². The van der Waals surface area contributed by atoms with Crippen LogP contribution in [-0.4, -0.2) is 49.1 Å². The summed E-state index contributed by atoms with van der Waals surface area (Å²) in [5.41, 5.74) is 20.7. The van der Waals surface area contributed by atoms with Crippen molar-refractivity contribution in [2.75, 3.05) is 33.2 Å². The van der Waals surface area contributed by atoms with Gasteiger partial charge < -0.3 is 9.80 Å². The first-order valence-electron chi connectivity index (χ1n) is 16.6. The first-order valence-corrected chi connectivity index (χ1v) is 16.6. The maximum Gasteiger partial charge on any atom is 0.0443 e. The summed E-state index contributed by atoms with van der Waals surface area (Å²) >= 11 is 0. The molecule has 2 aliphatic heterocycles. The molecule has 2 bridgehead atoms. The molecule has 2 fully saturated rings. The Hall–Kier alpha value is -3.46. The van der Waals surface area contributed by atoms with E-state index in [2.05, 4.69) is 53.3 Å². The lowest BCUT2D eigenvalue weighted by atomic mass is 9.45. The molecule has 2 heteroatoms. The van der Waals surface area contributed by atoms with Crippen LogP contribution >= 0.6 is 0 Å². The van der Waals surface area contributed by atoms with Crippen LogP contribution in [0.1, 0.15) is 58.2 Å². The zero-order valence-corrected chi connectivity index (χ0v) is 24.0. The SMILES string of the molecule is CN1CCN2CCC1CC13C4=C5C=C6Cc7cc8ccc9cc%10c%11c%12c(cc(c4c%12c1c1c%11c9c8c-1c7C63C2)CC5)C%10. The molecular weight excluding hydrogens is 508 g/mol. The minimum absolute atomic E-state index is 0.0624. The molecule has 0 N–H and O–H groups in total. The fraction of sp³-hybridized carbons (Fsp3) is 0.350. The zero-order valence-electron chi connectivity index (χ0n) is 24.0. The standard InChI is InChI=1S/C40H30N2/c1-41-8-9-42-7-6-26(41)16-39-36-21-5-4-20-11-23-13-22-10-18-2-3-19-12-24-15-25(14-21)40(39,17-42)37(24)34-28(19)27(18)32-29(22)30(23)33(31(20)36)38(39)35(32)34/h2-3,10-12,14,26H,4-9,13,15-17H2,1H3. The number of fused-ring (bicyclic) bond motifs is 3. The molecule has 4 unspecified atom stereocenters. The Labute approximate surface area is 244 Å². The van der Waals surface area contributed by atoms with E-state index in [0.29, 0.717) is 6.04 Å². The third kappa shape index (κ3) is 1.64. The second-order valence-corrected chi connectivity index (χ2v) is 15.5. The first kappa shape index (κ1) is 20.4. The second kappa shape index (κ2) is 5.73. The minimum atomic E-state index is 0.0624. The molecule has 2 heterocycles. The van der Waals surface area contributed by atoms with E-state index in [4.69, 9.17) is 0 Å². The van der Waals surface area contributed by atoms with Crippen LogP contribution in [-0.2, 0) is 30.1 Å². The van der Waals surface area contributed by atoms with Crippen molar-refractivity contribution in [2.45, 2.75) is 55.4 Å². The maximum absolute atomic E-state index is 2.92. The van der Waals surface area contributed by atoms with Gasteiger partial charge in [-0.25, -0.2) is 0 Å². The van der Waals surface area contributed by atoms with E-state index in [0.717, 1.165) is 12.8 Å². The van der Waals surface area contributed by atoms with Crippen LogP contribution in [0.3, 0.4) is 0 Å². The summed E-state index contributed by atoms with van der Waals surface area (Å²) in [4.78, 5) is 5.69. The summed E-state index contributed by atoms with van der Waals surface area (Å²) in [6.45, 7) is 4.87. The van der Waals surface area contributed by atoms with Gasteiger partial charge in [0.25, 0.3) is 0 Å². The molecule has 5 aromatic carbocycles. The topological polar surface area (TPSA) is 6.48 Å². The van der Waals surface area contributed by atoms with Gasteiger partial charge in [0.05, 0.1) is 0 Å². The smallest absolute Gasteiger partial charge is 0.0443 e. The Kier molecular flexibility index (Phi) is 2.79. The molecule has 2 nitrogen and oxygen atoms in total. The van der Waals surface area contributed by atoms with E-state index in [1.54, 1.807) is 88.0 Å². The van der Waals surface area contributed by atoms with Gasteiger partial charge in [0.1, 0.15) is 0 Å². The average Bonchev–Trinajstić information content (AvgIpc) is 3.67. The summed E-state index contributed by atoms with van der Waals surface area (Å²) in [7, 11) is 2.45. The molecule has 0 radical (unpaired) electrons. The number of likely N-dealkylation sites (N-methyl/N-ethyl adjacent to an activating group) is 1. The highest BCUT2D eigenvalue weighted by Crippen LogP contribution is 2.78. The fourth-order valence-electron chi connectivity index (χ4n) is 13.2. The van der Waals surface area contributed by atoms with Gasteiger partial charge >= 0.3 is 0 Å². The van der Waals surface area contributed by atoms with E-state index in [-0.39, 0.29) is 10.8 Å². The average molecular weight is 539 g/mol. The molecule has 4 atom stereocenters. The lowest BCUT2D eigenvalue weighted by molar-refractivity contribution is 0.146. The van der Waals surface area contributed by atoms with Crippen molar-refractivity contribution < 1.29 is 0 Å². The van der Waals surface area contributed by atoms with Crippen molar-refractivity contribution in [3.63, 3.8) is 0 Å². The van der Waals surface area contributed by atoms with Gasteiger partial charge in [0.2, 0.25) is 0 Å². The molecule has 9 aliphatic rings. The van der Waals surface area contributed by atoms with E-state index < -0.39 is 0 Å². The Bertz CT molecular complexity index is 2450. The molecule has 0 saturated carbocycles. The van der Waals surface area contributed by atoms with Crippen molar-refractivity contribution >= 4 is 48.7 Å². The van der Waals surface area contributed by atoms with Gasteiger partial charge in [-0.05, 0) is 156 Å². The number of hydrogen-bond donors (Lipinski definition) is 0. The number of rotatable bonds is 0. The zero-order chi connectivity index (χ0) is 26.6. The lowest BCUT2D eigenvalue weighted by Gasteiger charge is -2.59. The second-order valence-electron chi connectivity index (χ2n) is 15.5. The molecule has 0 aromatic heterocycles. The predicted molar refractivity (Wildman–Crippen MR) is 171 cm³/mol. The van der Waals surface area contributed by atoms with Crippen molar-refractivity contribution in [3.8, 4) is 11.1 Å². The van der Waals surface area contributed by atoms with Crippen LogP contribution in [0.4, 0.5) is 0 Å². The van der Waals surface area contributed by atoms with Crippen LogP contribution in [0.2, 0.25) is 0 Å². The highest BCUT2D eigenvalue weighted by molar-refractivity contribution is 6.41. The van der Waals surface area contributed by atoms with Crippen LogP contribution in [0.5, 0.6) is 0 Å². The number of hydrogen-bond acceptors (Lipinski definition) is 2. The summed E-state index contributed by atoms with van der Waals surface area (Å²) in [6.07, 6.45) is 10.1. The van der Waals surface area contributed by atoms with Gasteiger partial charge in [-0.1, -0.05) is 42.0 Å². The van der Waals surface area contributed by atoms with Crippen LogP contribution in [0.15, 0.2) is 47.6 Å². The monoisotopic (exact) mass is 538 g/mol. The summed E-state index contributed by atoms with van der Waals surface area (Å²) in [6, 6.07) is 13.5. The van der Waals surface area contributed by atoms with Crippen molar-refractivity contribution in [1.29, 1.82) is 0 Å². The molecule has 2 spiro atoms. The van der Waals surface area contributed by atoms with Gasteiger partial charge in [-0.15, -0.1) is 0 Å². The Morgan fingerprint density at radius 1 is 0.690 bits per heavy atom. The van der Waals surface area contributed by atoms with Gasteiger partial charge in [-0.2, -0.15) is 0 Å². The largest absolute Gasteiger partial charge is 0.302 e. The summed E-state index contributed by atoms with van der Waals surface area (Å²) < 4.78 is 0. The molecule has 14 rings (SSSR count). The third-order valence-corrected chi connectivity index (χ3v) is 14.4. The molecule has 200 valence electrons. The summed E-state index contributed by atoms with van der Waals surface area (Å²) in [5, 5.41) is 12.9. The predicted octanol–water partition coefficient (Wildman–Crippen LogP) is 7.29. The highest BCUT2D eigenvalue weighted by atomic mass is 15.2. The Balaban J connectivity index is 1.35. The number of aryl methyl sites for hydroxylation is 1. The normalized spacial score (nSPS) is 32.5. The first-order chi connectivity index (χ1) is 20.7. The Morgan fingerprint density at radius 2 is 1.52 bits per heavy atom. The van der Waals surface area contributed by atoms with Crippen LogP contribution in [0.25, 0.3) is 59.8 Å². The number of nitrogens with zero attached hydrogens (tertiary/aromatic N) is 2. The van der Waals surface area contributed by atoms with Crippen molar-refractivity contribution in [1.82, 2.24) is 9.80 Å². The molecule has 2 saturated heterocycles. The van der Waals surface area contributed by atoms with E-state index in [9.17, 15) is 0 Å². The van der Waals surface area contributed by atoms with Gasteiger partial charge in [0, 0.05) is 36.5 Å². The Morgan fingerprint density at radius 3 is 2.48 bits per heavy atom. The molecule has 42 heavy (non-hydrogen) atoms. The van der Waals surface area contributed by atoms with E-state index >= 15 is 0 Å².